The van der Waals surface area contributed by atoms with Gasteiger partial charge in [0.05, 0.1) is 44.8 Å². The highest BCUT2D eigenvalue weighted by atomic mass is 16.5. The van der Waals surface area contributed by atoms with Gasteiger partial charge >= 0.3 is 12.0 Å². The molecule has 3 rings (SSSR count). The predicted molar refractivity (Wildman–Crippen MR) is 147 cm³/mol. The predicted octanol–water partition coefficient (Wildman–Crippen LogP) is 3.21. The zero-order valence-electron chi connectivity index (χ0n) is 23.2. The van der Waals surface area contributed by atoms with E-state index in [1.165, 1.54) is 13.3 Å². The van der Waals surface area contributed by atoms with Crippen molar-refractivity contribution >= 4 is 24.1 Å². The van der Waals surface area contributed by atoms with Crippen molar-refractivity contribution in [3.05, 3.63) is 58.8 Å². The number of nitrogens with zero attached hydrogens (tertiary/aromatic N) is 1. The van der Waals surface area contributed by atoms with E-state index in [9.17, 15) is 14.4 Å². The molecule has 0 spiro atoms. The number of hydrogen-bond donors (Lipinski definition) is 3. The van der Waals surface area contributed by atoms with Gasteiger partial charge in [0.2, 0.25) is 0 Å². The molecule has 12 heteroatoms. The van der Waals surface area contributed by atoms with Crippen molar-refractivity contribution in [3.63, 3.8) is 0 Å². The Morgan fingerprint density at radius 2 is 1.75 bits per heavy atom. The van der Waals surface area contributed by atoms with E-state index in [1.807, 2.05) is 13.8 Å². The lowest BCUT2D eigenvalue weighted by Gasteiger charge is -2.28. The summed E-state index contributed by atoms with van der Waals surface area (Å²) in [5.74, 6) is 0.792. The van der Waals surface area contributed by atoms with Crippen molar-refractivity contribution in [2.45, 2.75) is 33.7 Å². The molecule has 0 aromatic heterocycles. The fourth-order valence-electron chi connectivity index (χ4n) is 3.91. The summed E-state index contributed by atoms with van der Waals surface area (Å²) < 4.78 is 27.4. The summed E-state index contributed by atoms with van der Waals surface area (Å²) in [6.45, 7) is 7.93. The Morgan fingerprint density at radius 1 is 0.975 bits per heavy atom. The highest BCUT2D eigenvalue weighted by Gasteiger charge is 2.32. The van der Waals surface area contributed by atoms with E-state index in [0.29, 0.717) is 47.3 Å². The largest absolute Gasteiger partial charge is 0.494 e. The molecule has 0 fully saturated rings. The van der Waals surface area contributed by atoms with Crippen LogP contribution in [0.2, 0.25) is 0 Å². The molecule has 0 unspecified atom stereocenters. The molecule has 3 amide bonds. The van der Waals surface area contributed by atoms with Gasteiger partial charge in [-0.15, -0.1) is 0 Å². The number of rotatable bonds is 13. The van der Waals surface area contributed by atoms with Gasteiger partial charge in [-0.25, -0.2) is 15.0 Å². The number of allylic oxidation sites excluding steroid dienone is 1. The van der Waals surface area contributed by atoms with Crippen LogP contribution in [0, 0.1) is 0 Å². The summed E-state index contributed by atoms with van der Waals surface area (Å²) in [6, 6.07) is 8.98. The Morgan fingerprint density at radius 3 is 2.45 bits per heavy atom. The van der Waals surface area contributed by atoms with Crippen molar-refractivity contribution in [2.24, 2.45) is 5.10 Å². The average Bonchev–Trinajstić information content (AvgIpc) is 2.93. The van der Waals surface area contributed by atoms with Crippen LogP contribution >= 0.6 is 0 Å². The molecule has 0 aliphatic carbocycles. The number of hydrazone groups is 1. The standard InChI is InChI=1S/C28H34N4O8/c1-6-37-20-11-9-19(22(14-20)38-7-2)15-29-32-24(33)16-40-21-12-10-18(13-23(21)36-5)26-25(27(34)39-8-3)17(4)30-28(35)31-26/h9-15,26H,6-8,16H2,1-5H3,(H,32,33)(H2,30,31,35)/b29-15-/t26-/m0/s1. The second-order valence-corrected chi connectivity index (χ2v) is 8.35. The first-order valence-electron chi connectivity index (χ1n) is 12.8. The molecule has 0 saturated heterocycles. The van der Waals surface area contributed by atoms with Crippen molar-refractivity contribution < 1.29 is 38.1 Å². The Bertz CT molecular complexity index is 1290. The summed E-state index contributed by atoms with van der Waals surface area (Å²) in [5, 5.41) is 9.31. The lowest BCUT2D eigenvalue weighted by atomic mass is 9.95. The maximum atomic E-state index is 12.6. The number of urea groups is 1. The van der Waals surface area contributed by atoms with Crippen molar-refractivity contribution in [1.29, 1.82) is 0 Å². The van der Waals surface area contributed by atoms with Crippen LogP contribution in [0.15, 0.2) is 52.8 Å². The third-order valence-corrected chi connectivity index (χ3v) is 5.63. The van der Waals surface area contributed by atoms with Gasteiger partial charge in [0, 0.05) is 17.3 Å². The Kier molecular flexibility index (Phi) is 10.7. The molecule has 1 atom stereocenters. The van der Waals surface area contributed by atoms with E-state index in [1.54, 1.807) is 50.2 Å². The lowest BCUT2D eigenvalue weighted by molar-refractivity contribution is -0.139. The van der Waals surface area contributed by atoms with Crippen LogP contribution < -0.4 is 35.0 Å². The minimum atomic E-state index is -0.766. The summed E-state index contributed by atoms with van der Waals surface area (Å²) in [4.78, 5) is 37.1. The Hall–Kier alpha value is -4.74. The Labute approximate surface area is 232 Å². The molecule has 1 aliphatic rings. The number of hydrogen-bond acceptors (Lipinski definition) is 9. The zero-order chi connectivity index (χ0) is 29.1. The normalized spacial score (nSPS) is 14.7. The van der Waals surface area contributed by atoms with Crippen molar-refractivity contribution in [3.8, 4) is 23.0 Å². The molecule has 12 nitrogen and oxygen atoms in total. The van der Waals surface area contributed by atoms with Gasteiger partial charge in [0.1, 0.15) is 11.5 Å². The molecule has 3 N–H and O–H groups in total. The van der Waals surface area contributed by atoms with Crippen LogP contribution in [0.25, 0.3) is 0 Å². The van der Waals surface area contributed by atoms with E-state index in [2.05, 4.69) is 21.2 Å². The van der Waals surface area contributed by atoms with Crippen molar-refractivity contribution in [1.82, 2.24) is 16.1 Å². The maximum Gasteiger partial charge on any atom is 0.338 e. The third-order valence-electron chi connectivity index (χ3n) is 5.63. The number of amides is 3. The zero-order valence-corrected chi connectivity index (χ0v) is 23.2. The smallest absolute Gasteiger partial charge is 0.338 e. The molecular formula is C28H34N4O8. The number of carbonyl (C=O) groups excluding carboxylic acids is 3. The first kappa shape index (κ1) is 29.8. The summed E-state index contributed by atoms with van der Waals surface area (Å²) >= 11 is 0. The Balaban J connectivity index is 1.67. The topological polar surface area (TPSA) is 146 Å². The molecule has 214 valence electrons. The van der Waals surface area contributed by atoms with Gasteiger partial charge in [-0.05, 0) is 57.5 Å². The highest BCUT2D eigenvalue weighted by molar-refractivity contribution is 5.95. The molecule has 0 radical (unpaired) electrons. The van der Waals surface area contributed by atoms with Gasteiger partial charge in [-0.1, -0.05) is 6.07 Å². The molecule has 1 aliphatic heterocycles. The first-order valence-corrected chi connectivity index (χ1v) is 12.8. The summed E-state index contributed by atoms with van der Waals surface area (Å²) in [6.07, 6.45) is 1.47. The second kappa shape index (κ2) is 14.4. The number of methoxy groups -OCH3 is 1. The van der Waals surface area contributed by atoms with E-state index in [4.69, 9.17) is 23.7 Å². The molecule has 0 bridgehead atoms. The van der Waals surface area contributed by atoms with Gasteiger partial charge in [-0.3, -0.25) is 4.79 Å². The molecule has 40 heavy (non-hydrogen) atoms. The number of benzene rings is 2. The van der Waals surface area contributed by atoms with E-state index >= 15 is 0 Å². The summed E-state index contributed by atoms with van der Waals surface area (Å²) in [5.41, 5.74) is 4.31. The molecule has 2 aromatic carbocycles. The monoisotopic (exact) mass is 554 g/mol. The minimum absolute atomic E-state index is 0.187. The van der Waals surface area contributed by atoms with Crippen LogP contribution in [0.4, 0.5) is 4.79 Å². The highest BCUT2D eigenvalue weighted by Crippen LogP contribution is 2.34. The van der Waals surface area contributed by atoms with E-state index < -0.39 is 23.9 Å². The number of esters is 1. The quantitative estimate of drug-likeness (QED) is 0.194. The second-order valence-electron chi connectivity index (χ2n) is 8.35. The van der Waals surface area contributed by atoms with Gasteiger partial charge in [0.15, 0.2) is 18.1 Å². The number of nitrogens with one attached hydrogen (secondary N) is 3. The molecule has 2 aromatic rings. The van der Waals surface area contributed by atoms with E-state index in [-0.39, 0.29) is 24.5 Å². The lowest BCUT2D eigenvalue weighted by Crippen LogP contribution is -2.45. The average molecular weight is 555 g/mol. The van der Waals surface area contributed by atoms with Crippen LogP contribution in [0.1, 0.15) is 44.9 Å². The first-order chi connectivity index (χ1) is 19.3. The fourth-order valence-corrected chi connectivity index (χ4v) is 3.91. The van der Waals surface area contributed by atoms with Crippen LogP contribution in [0.3, 0.4) is 0 Å². The van der Waals surface area contributed by atoms with Gasteiger partial charge in [0.25, 0.3) is 5.91 Å². The van der Waals surface area contributed by atoms with Crippen LogP contribution in [-0.4, -0.2) is 57.7 Å². The van der Waals surface area contributed by atoms with Crippen LogP contribution in [-0.2, 0) is 14.3 Å². The number of ether oxygens (including phenoxy) is 5. The molecular weight excluding hydrogens is 520 g/mol. The van der Waals surface area contributed by atoms with Gasteiger partial charge < -0.3 is 34.3 Å². The molecule has 1 heterocycles. The maximum absolute atomic E-state index is 12.6. The van der Waals surface area contributed by atoms with Crippen LogP contribution in [0.5, 0.6) is 23.0 Å². The number of carbonyl (C=O) groups is 3. The third kappa shape index (κ3) is 7.65. The van der Waals surface area contributed by atoms with E-state index in [0.717, 1.165) is 0 Å². The molecule has 0 saturated carbocycles. The van der Waals surface area contributed by atoms with Crippen molar-refractivity contribution in [2.75, 3.05) is 33.5 Å². The SMILES string of the molecule is CCOC(=O)C1=C(C)NC(=O)N[C@H]1c1ccc(OCC(=O)N/N=C\c2ccc(OCC)cc2OCC)c(OC)c1. The minimum Gasteiger partial charge on any atom is -0.494 e. The fraction of sp³-hybridized carbons (Fsp3) is 0.357. The summed E-state index contributed by atoms with van der Waals surface area (Å²) in [7, 11) is 1.44. The van der Waals surface area contributed by atoms with Gasteiger partial charge in [-0.2, -0.15) is 5.10 Å².